The fourth-order valence-corrected chi connectivity index (χ4v) is 10.2. The Kier molecular flexibility index (Phi) is 65.7. The van der Waals surface area contributed by atoms with Crippen molar-refractivity contribution in [1.82, 2.24) is 0 Å². The summed E-state index contributed by atoms with van der Waals surface area (Å²) in [6.45, 7) is 6.56. The predicted octanol–water partition coefficient (Wildman–Crippen LogP) is 24.1. The van der Waals surface area contributed by atoms with Crippen molar-refractivity contribution < 1.29 is 28.6 Å². The number of esters is 3. The number of carbonyl (C=O) groups is 3. The van der Waals surface area contributed by atoms with Crippen LogP contribution < -0.4 is 0 Å². The van der Waals surface area contributed by atoms with Crippen molar-refractivity contribution in [1.29, 1.82) is 0 Å². The second kappa shape index (κ2) is 68.3. The lowest BCUT2D eigenvalue weighted by Gasteiger charge is -2.18. The van der Waals surface area contributed by atoms with Gasteiger partial charge >= 0.3 is 17.9 Å². The number of rotatable bonds is 64. The summed E-state index contributed by atoms with van der Waals surface area (Å²) in [5.74, 6) is -0.878. The van der Waals surface area contributed by atoms with Gasteiger partial charge in [-0.05, 0) is 89.9 Å². The summed E-state index contributed by atoms with van der Waals surface area (Å²) in [7, 11) is 0. The van der Waals surface area contributed by atoms with Crippen LogP contribution in [0.2, 0.25) is 0 Å². The Morgan fingerprint density at radius 1 is 0.263 bits per heavy atom. The molecule has 0 saturated heterocycles. The molecule has 0 rings (SSSR count). The van der Waals surface area contributed by atoms with E-state index in [-0.39, 0.29) is 31.1 Å². The van der Waals surface area contributed by atoms with E-state index in [0.29, 0.717) is 19.3 Å². The summed E-state index contributed by atoms with van der Waals surface area (Å²) in [5, 5.41) is 0. The second-order valence-corrected chi connectivity index (χ2v) is 23.4. The molecule has 0 aromatic carbocycles. The lowest BCUT2D eigenvalue weighted by molar-refractivity contribution is -0.167. The van der Waals surface area contributed by atoms with Crippen molar-refractivity contribution in [2.75, 3.05) is 13.2 Å². The lowest BCUT2D eigenvalue weighted by Crippen LogP contribution is -2.30. The minimum Gasteiger partial charge on any atom is -0.462 e. The highest BCUT2D eigenvalue weighted by Crippen LogP contribution is 2.18. The molecule has 1 unspecified atom stereocenters. The second-order valence-electron chi connectivity index (χ2n) is 23.4. The standard InChI is InChI=1S/C74H132O6/c1-4-7-10-13-16-19-22-25-28-30-32-34-36-38-39-41-43-46-49-52-55-58-61-64-67-73(76)79-70-71(69-78-72(75)66-63-60-57-54-51-48-45-27-24-21-18-15-12-9-6-3)80-74(77)68-65-62-59-56-53-50-47-44-42-40-37-35-33-31-29-26-23-20-17-14-11-8-5-2/h8,11,17,20,26-27,29,33,35,40,42,45,71H,4-7,9-10,12-16,18-19,21-25,28,30-32,34,36-39,41,43-44,46-70H2,1-3H3/b11-8-,20-17-,29-26-,35-33-,42-40-,45-27-. The number of hydrogen-bond acceptors (Lipinski definition) is 6. The van der Waals surface area contributed by atoms with Crippen LogP contribution >= 0.6 is 0 Å². The summed E-state index contributed by atoms with van der Waals surface area (Å²) in [6, 6.07) is 0. The minimum atomic E-state index is -0.785. The van der Waals surface area contributed by atoms with Crippen LogP contribution in [-0.4, -0.2) is 37.2 Å². The first-order chi connectivity index (χ1) is 39.5. The van der Waals surface area contributed by atoms with Gasteiger partial charge in [-0.1, -0.05) is 325 Å². The molecule has 0 fully saturated rings. The van der Waals surface area contributed by atoms with Crippen molar-refractivity contribution in [2.24, 2.45) is 0 Å². The van der Waals surface area contributed by atoms with E-state index in [0.717, 1.165) is 103 Å². The van der Waals surface area contributed by atoms with Crippen LogP contribution in [0.15, 0.2) is 72.9 Å². The molecule has 0 aromatic rings. The Hall–Kier alpha value is -3.15. The van der Waals surface area contributed by atoms with E-state index in [9.17, 15) is 14.4 Å². The van der Waals surface area contributed by atoms with E-state index in [1.54, 1.807) is 0 Å². The first-order valence-electron chi connectivity index (χ1n) is 34.9. The average Bonchev–Trinajstić information content (AvgIpc) is 3.46. The molecule has 6 nitrogen and oxygen atoms in total. The molecular formula is C74H132O6. The molecule has 0 aromatic heterocycles. The molecule has 0 spiro atoms. The summed E-state index contributed by atoms with van der Waals surface area (Å²) in [6.07, 6.45) is 89.2. The van der Waals surface area contributed by atoms with Gasteiger partial charge in [-0.15, -0.1) is 0 Å². The highest BCUT2D eigenvalue weighted by Gasteiger charge is 2.19. The molecule has 0 aliphatic rings. The molecule has 80 heavy (non-hydrogen) atoms. The molecule has 0 heterocycles. The zero-order chi connectivity index (χ0) is 57.8. The van der Waals surface area contributed by atoms with Crippen molar-refractivity contribution in [2.45, 2.75) is 367 Å². The van der Waals surface area contributed by atoms with Crippen molar-refractivity contribution in [3.05, 3.63) is 72.9 Å². The number of ether oxygens (including phenoxy) is 3. The third-order valence-electron chi connectivity index (χ3n) is 15.4. The Bertz CT molecular complexity index is 1470. The Morgan fingerprint density at radius 2 is 0.487 bits per heavy atom. The summed E-state index contributed by atoms with van der Waals surface area (Å²) < 4.78 is 17.0. The third-order valence-corrected chi connectivity index (χ3v) is 15.4. The number of allylic oxidation sites excluding steroid dienone is 12. The molecule has 0 amide bonds. The maximum Gasteiger partial charge on any atom is 0.306 e. The summed E-state index contributed by atoms with van der Waals surface area (Å²) in [4.78, 5) is 38.4. The van der Waals surface area contributed by atoms with E-state index >= 15 is 0 Å². The van der Waals surface area contributed by atoms with Crippen LogP contribution in [0.1, 0.15) is 361 Å². The van der Waals surface area contributed by atoms with E-state index in [4.69, 9.17) is 14.2 Å². The van der Waals surface area contributed by atoms with Gasteiger partial charge in [0.15, 0.2) is 6.10 Å². The van der Waals surface area contributed by atoms with Gasteiger partial charge in [-0.2, -0.15) is 0 Å². The first kappa shape index (κ1) is 76.9. The Balaban J connectivity index is 4.33. The van der Waals surface area contributed by atoms with Crippen LogP contribution in [0, 0.1) is 0 Å². The van der Waals surface area contributed by atoms with Crippen LogP contribution in [0.5, 0.6) is 0 Å². The number of carbonyl (C=O) groups excluding carboxylic acids is 3. The third kappa shape index (κ3) is 65.7. The molecule has 6 heteroatoms. The largest absolute Gasteiger partial charge is 0.462 e. The van der Waals surface area contributed by atoms with Crippen LogP contribution in [0.3, 0.4) is 0 Å². The van der Waals surface area contributed by atoms with Gasteiger partial charge in [0.05, 0.1) is 0 Å². The van der Waals surface area contributed by atoms with Gasteiger partial charge in [0.1, 0.15) is 13.2 Å². The molecule has 464 valence electrons. The van der Waals surface area contributed by atoms with Crippen LogP contribution in [-0.2, 0) is 28.6 Å². The molecule has 0 radical (unpaired) electrons. The Morgan fingerprint density at radius 3 is 0.775 bits per heavy atom. The first-order valence-corrected chi connectivity index (χ1v) is 34.9. The van der Waals surface area contributed by atoms with Crippen LogP contribution in [0.4, 0.5) is 0 Å². The topological polar surface area (TPSA) is 78.9 Å². The van der Waals surface area contributed by atoms with Gasteiger partial charge in [0.25, 0.3) is 0 Å². The van der Waals surface area contributed by atoms with Crippen LogP contribution in [0.25, 0.3) is 0 Å². The van der Waals surface area contributed by atoms with Gasteiger partial charge in [0.2, 0.25) is 0 Å². The molecular weight excluding hydrogens is 985 g/mol. The molecule has 0 bridgehead atoms. The smallest absolute Gasteiger partial charge is 0.306 e. The van der Waals surface area contributed by atoms with Gasteiger partial charge in [-0.25, -0.2) is 0 Å². The fraction of sp³-hybridized carbons (Fsp3) is 0.797. The SMILES string of the molecule is CC/C=C\C/C=C\C/C=C\C/C=C\C/C=C\CCCCCCCCCC(=O)OC(COC(=O)CCCCCCC/C=C\CCCCCCCC)COC(=O)CCCCCCCCCCCCCCCCCCCCCCCCCC. The van der Waals surface area contributed by atoms with Gasteiger partial charge in [-0.3, -0.25) is 14.4 Å². The zero-order valence-corrected chi connectivity index (χ0v) is 53.3. The predicted molar refractivity (Wildman–Crippen MR) is 348 cm³/mol. The maximum absolute atomic E-state index is 13.0. The normalized spacial score (nSPS) is 12.5. The quantitative estimate of drug-likeness (QED) is 0.0261. The van der Waals surface area contributed by atoms with E-state index in [2.05, 4.69) is 93.7 Å². The van der Waals surface area contributed by atoms with Crippen molar-refractivity contribution in [3.8, 4) is 0 Å². The molecule has 1 atom stereocenters. The van der Waals surface area contributed by atoms with E-state index < -0.39 is 6.10 Å². The van der Waals surface area contributed by atoms with E-state index in [1.807, 2.05) is 0 Å². The van der Waals surface area contributed by atoms with Crippen molar-refractivity contribution in [3.63, 3.8) is 0 Å². The summed E-state index contributed by atoms with van der Waals surface area (Å²) >= 11 is 0. The van der Waals surface area contributed by atoms with E-state index in [1.165, 1.54) is 218 Å². The minimum absolute atomic E-state index is 0.0791. The molecule has 0 N–H and O–H groups in total. The number of hydrogen-bond donors (Lipinski definition) is 0. The lowest BCUT2D eigenvalue weighted by atomic mass is 10.0. The number of unbranched alkanes of at least 4 members (excludes halogenated alkanes) is 41. The van der Waals surface area contributed by atoms with Gasteiger partial charge in [0, 0.05) is 19.3 Å². The molecule has 0 aliphatic carbocycles. The molecule has 0 saturated carbocycles. The fourth-order valence-electron chi connectivity index (χ4n) is 10.2. The summed E-state index contributed by atoms with van der Waals surface area (Å²) in [5.41, 5.74) is 0. The molecule has 0 aliphatic heterocycles. The highest BCUT2D eigenvalue weighted by molar-refractivity contribution is 5.71. The maximum atomic E-state index is 13.0. The van der Waals surface area contributed by atoms with Crippen molar-refractivity contribution >= 4 is 17.9 Å². The van der Waals surface area contributed by atoms with Gasteiger partial charge < -0.3 is 14.2 Å². The zero-order valence-electron chi connectivity index (χ0n) is 53.3. The monoisotopic (exact) mass is 1120 g/mol. The Labute approximate surface area is 497 Å². The highest BCUT2D eigenvalue weighted by atomic mass is 16.6. The average molecular weight is 1120 g/mol.